The zero-order valence-corrected chi connectivity index (χ0v) is 20.9. The Hall–Kier alpha value is -2.94. The van der Waals surface area contributed by atoms with E-state index in [1.807, 2.05) is 24.3 Å². The molecule has 0 spiro atoms. The number of hydrogen-bond acceptors (Lipinski definition) is 5. The van der Waals surface area contributed by atoms with Gasteiger partial charge >= 0.3 is 12.1 Å². The van der Waals surface area contributed by atoms with Crippen LogP contribution in [0.1, 0.15) is 62.0 Å². The summed E-state index contributed by atoms with van der Waals surface area (Å²) in [6.07, 6.45) is 1.00. The molecule has 0 saturated heterocycles. The minimum Gasteiger partial charge on any atom is -0.497 e. The molecule has 2 aromatic carbocycles. The molecule has 4 rings (SSSR count). The first-order valence-corrected chi connectivity index (χ1v) is 12.8. The van der Waals surface area contributed by atoms with Gasteiger partial charge in [0, 0.05) is 18.2 Å². The van der Waals surface area contributed by atoms with Gasteiger partial charge in [-0.15, -0.1) is 0 Å². The Morgan fingerprint density at radius 2 is 1.70 bits per heavy atom. The normalized spacial score (nSPS) is 20.8. The number of methoxy groups -OCH3 is 1. The third kappa shape index (κ3) is 8.28. The van der Waals surface area contributed by atoms with Crippen molar-refractivity contribution in [2.24, 2.45) is 5.92 Å². The number of ether oxygens (including phenoxy) is 3. The van der Waals surface area contributed by atoms with E-state index < -0.39 is 18.7 Å². The fourth-order valence-corrected chi connectivity index (χ4v) is 4.96. The van der Waals surface area contributed by atoms with E-state index in [0.29, 0.717) is 23.0 Å². The number of alkyl halides is 3. The molecule has 2 fully saturated rings. The number of hydrogen-bond donors (Lipinski definition) is 2. The minimum absolute atomic E-state index is 0.0205. The molecular weight excluding hydrogens is 487 g/mol. The topological polar surface area (TPSA) is 77.0 Å². The maximum atomic E-state index is 12.5. The molecule has 0 bridgehead atoms. The molecular formula is C28H34F3NO5. The lowest BCUT2D eigenvalue weighted by Gasteiger charge is -2.30. The Morgan fingerprint density at radius 1 is 1.00 bits per heavy atom. The number of rotatable bonds is 12. The summed E-state index contributed by atoms with van der Waals surface area (Å²) >= 11 is 0. The SMILES string of the molecule is COc1ccc(CNCC(F)(F)F)c(O[C@H]2CC[C@@H](Oc3cccc(C(CC(=O)O)C4CC4)c3)CC2)c1. The number of aliphatic carboxylic acids is 1. The maximum absolute atomic E-state index is 12.5. The lowest BCUT2D eigenvalue weighted by atomic mass is 9.91. The zero-order chi connectivity index (χ0) is 26.4. The lowest BCUT2D eigenvalue weighted by Crippen LogP contribution is -2.31. The highest BCUT2D eigenvalue weighted by atomic mass is 19.4. The molecule has 1 unspecified atom stereocenters. The summed E-state index contributed by atoms with van der Waals surface area (Å²) in [6.45, 7) is -1.03. The Kier molecular flexibility index (Phi) is 8.84. The van der Waals surface area contributed by atoms with E-state index in [2.05, 4.69) is 5.32 Å². The van der Waals surface area contributed by atoms with Gasteiger partial charge in [0.1, 0.15) is 17.2 Å². The monoisotopic (exact) mass is 521 g/mol. The lowest BCUT2D eigenvalue weighted by molar-refractivity contribution is -0.137. The molecule has 9 heteroatoms. The number of halogens is 3. The first-order chi connectivity index (χ1) is 17.7. The van der Waals surface area contributed by atoms with Crippen LogP contribution in [0.4, 0.5) is 13.2 Å². The van der Waals surface area contributed by atoms with Crippen molar-refractivity contribution in [3.63, 3.8) is 0 Å². The van der Waals surface area contributed by atoms with Gasteiger partial charge < -0.3 is 24.6 Å². The molecule has 0 radical (unpaired) electrons. The number of carboxylic acid groups (broad SMARTS) is 1. The van der Waals surface area contributed by atoms with E-state index >= 15 is 0 Å². The van der Waals surface area contributed by atoms with Gasteiger partial charge in [-0.1, -0.05) is 18.2 Å². The quantitative estimate of drug-likeness (QED) is 0.352. The van der Waals surface area contributed by atoms with Crippen LogP contribution in [0.5, 0.6) is 17.2 Å². The molecule has 37 heavy (non-hydrogen) atoms. The van der Waals surface area contributed by atoms with Crippen molar-refractivity contribution in [3.05, 3.63) is 53.6 Å². The molecule has 2 aliphatic rings. The number of benzene rings is 2. The van der Waals surface area contributed by atoms with Crippen LogP contribution in [0.15, 0.2) is 42.5 Å². The second-order valence-corrected chi connectivity index (χ2v) is 9.94. The third-order valence-corrected chi connectivity index (χ3v) is 7.00. The summed E-state index contributed by atoms with van der Waals surface area (Å²) in [5.41, 5.74) is 1.66. The van der Waals surface area contributed by atoms with E-state index in [1.54, 1.807) is 18.2 Å². The first kappa shape index (κ1) is 27.1. The molecule has 2 N–H and O–H groups in total. The van der Waals surface area contributed by atoms with E-state index in [-0.39, 0.29) is 31.1 Å². The molecule has 0 aromatic heterocycles. The fourth-order valence-electron chi connectivity index (χ4n) is 4.96. The summed E-state index contributed by atoms with van der Waals surface area (Å²) in [5, 5.41) is 11.7. The second kappa shape index (κ2) is 12.1. The maximum Gasteiger partial charge on any atom is 0.401 e. The average Bonchev–Trinajstić information content (AvgIpc) is 3.69. The van der Waals surface area contributed by atoms with E-state index in [1.165, 1.54) is 7.11 Å². The van der Waals surface area contributed by atoms with Gasteiger partial charge in [-0.3, -0.25) is 4.79 Å². The summed E-state index contributed by atoms with van der Waals surface area (Å²) < 4.78 is 55.4. The van der Waals surface area contributed by atoms with Crippen LogP contribution < -0.4 is 19.5 Å². The van der Waals surface area contributed by atoms with Gasteiger partial charge in [-0.05, 0) is 74.1 Å². The van der Waals surface area contributed by atoms with Crippen molar-refractivity contribution < 1.29 is 37.3 Å². The van der Waals surface area contributed by atoms with Crippen LogP contribution in [-0.4, -0.2) is 43.1 Å². The number of carbonyl (C=O) groups is 1. The molecule has 0 aliphatic heterocycles. The molecule has 202 valence electrons. The van der Waals surface area contributed by atoms with Crippen molar-refractivity contribution in [3.8, 4) is 17.2 Å². The van der Waals surface area contributed by atoms with Gasteiger partial charge in [-0.2, -0.15) is 13.2 Å². The van der Waals surface area contributed by atoms with Crippen molar-refractivity contribution in [2.75, 3.05) is 13.7 Å². The van der Waals surface area contributed by atoms with Crippen LogP contribution in [0.2, 0.25) is 0 Å². The Bertz CT molecular complexity index is 1050. The summed E-state index contributed by atoms with van der Waals surface area (Å²) in [5.74, 6) is 1.53. The van der Waals surface area contributed by atoms with Crippen LogP contribution in [0, 0.1) is 5.92 Å². The third-order valence-electron chi connectivity index (χ3n) is 7.00. The molecule has 6 nitrogen and oxygen atoms in total. The van der Waals surface area contributed by atoms with E-state index in [4.69, 9.17) is 14.2 Å². The molecule has 1 atom stereocenters. The highest BCUT2D eigenvalue weighted by Crippen LogP contribution is 2.45. The van der Waals surface area contributed by atoms with E-state index in [9.17, 15) is 23.1 Å². The van der Waals surface area contributed by atoms with Crippen molar-refractivity contribution in [1.29, 1.82) is 0 Å². The molecule has 2 aliphatic carbocycles. The summed E-state index contributed by atoms with van der Waals surface area (Å²) in [7, 11) is 1.53. The zero-order valence-electron chi connectivity index (χ0n) is 20.9. The fraction of sp³-hybridized carbons (Fsp3) is 0.536. The predicted molar refractivity (Wildman–Crippen MR) is 132 cm³/mol. The van der Waals surface area contributed by atoms with Crippen LogP contribution in [0.3, 0.4) is 0 Å². The van der Waals surface area contributed by atoms with Gasteiger partial charge in [0.05, 0.1) is 32.3 Å². The predicted octanol–water partition coefficient (Wildman–Crippen LogP) is 6.08. The van der Waals surface area contributed by atoms with Crippen LogP contribution >= 0.6 is 0 Å². The van der Waals surface area contributed by atoms with Crippen molar-refractivity contribution >= 4 is 5.97 Å². The Morgan fingerprint density at radius 3 is 2.32 bits per heavy atom. The van der Waals surface area contributed by atoms with Crippen LogP contribution in [0.25, 0.3) is 0 Å². The number of carboxylic acids is 1. The van der Waals surface area contributed by atoms with E-state index in [0.717, 1.165) is 49.8 Å². The molecule has 0 heterocycles. The average molecular weight is 522 g/mol. The first-order valence-electron chi connectivity index (χ1n) is 12.8. The van der Waals surface area contributed by atoms with Gasteiger partial charge in [0.25, 0.3) is 0 Å². The van der Waals surface area contributed by atoms with Gasteiger partial charge in [0.15, 0.2) is 0 Å². The second-order valence-electron chi connectivity index (χ2n) is 9.94. The van der Waals surface area contributed by atoms with Gasteiger partial charge in [-0.25, -0.2) is 0 Å². The smallest absolute Gasteiger partial charge is 0.401 e. The van der Waals surface area contributed by atoms with Gasteiger partial charge in [0.2, 0.25) is 0 Å². The number of nitrogens with one attached hydrogen (secondary N) is 1. The molecule has 2 saturated carbocycles. The molecule has 0 amide bonds. The summed E-state index contributed by atoms with van der Waals surface area (Å²) in [4.78, 5) is 11.3. The van der Waals surface area contributed by atoms with Crippen molar-refractivity contribution in [1.82, 2.24) is 5.32 Å². The van der Waals surface area contributed by atoms with Crippen molar-refractivity contribution in [2.45, 2.75) is 75.8 Å². The Balaban J connectivity index is 1.32. The standard InChI is InChI=1S/C28H34F3NO5/c1-35-23-8-7-20(16-32-17-28(29,30)31)26(14-23)37-22-11-9-21(10-12-22)36-24-4-2-3-19(13-24)25(15-27(33)34)18-5-6-18/h2-4,7-8,13-14,18,21-22,25,32H,5-6,9-12,15-17H2,1H3,(H,33,34)/t21-,22+,25?. The summed E-state index contributed by atoms with van der Waals surface area (Å²) in [6, 6.07) is 12.9. The highest BCUT2D eigenvalue weighted by molar-refractivity contribution is 5.68. The Labute approximate surface area is 215 Å². The highest BCUT2D eigenvalue weighted by Gasteiger charge is 2.34. The largest absolute Gasteiger partial charge is 0.497 e. The van der Waals surface area contributed by atoms with Crippen LogP contribution in [-0.2, 0) is 11.3 Å². The molecule has 2 aromatic rings. The minimum atomic E-state index is -4.28.